The topological polar surface area (TPSA) is 32.6 Å². The molecule has 0 aromatic rings. The zero-order valence-electron chi connectivity index (χ0n) is 5.63. The molecule has 0 saturated carbocycles. The molecule has 1 unspecified atom stereocenters. The smallest absolute Gasteiger partial charge is 0.0466 e. The minimum absolute atomic E-state index is 0.375. The highest BCUT2D eigenvalue weighted by Crippen LogP contribution is 2.05. The summed E-state index contributed by atoms with van der Waals surface area (Å²) in [5.74, 6) is 0.936. The van der Waals surface area contributed by atoms with Gasteiger partial charge >= 0.3 is 0 Å². The van der Waals surface area contributed by atoms with E-state index in [4.69, 9.17) is 5.21 Å². The molecule has 0 heterocycles. The third-order valence-electron chi connectivity index (χ3n) is 1.35. The monoisotopic (exact) mass is 115 g/mol. The van der Waals surface area contributed by atoms with Gasteiger partial charge in [0.1, 0.15) is 0 Å². The fraction of sp³-hybridized carbons (Fsp3) is 0.833. The van der Waals surface area contributed by atoms with Crippen molar-refractivity contribution < 1.29 is 5.21 Å². The Morgan fingerprint density at radius 2 is 1.88 bits per heavy atom. The second-order valence-electron chi connectivity index (χ2n) is 2.37. The predicted octanol–water partition coefficient (Wildman–Crippen LogP) is 1.74. The second-order valence-corrected chi connectivity index (χ2v) is 2.37. The van der Waals surface area contributed by atoms with E-state index in [-0.39, 0.29) is 0 Å². The lowest BCUT2D eigenvalue weighted by Crippen LogP contribution is -2.04. The van der Waals surface area contributed by atoms with Gasteiger partial charge in [-0.1, -0.05) is 20.8 Å². The van der Waals surface area contributed by atoms with Crippen LogP contribution >= 0.6 is 0 Å². The van der Waals surface area contributed by atoms with Crippen LogP contribution in [0.4, 0.5) is 0 Å². The Bertz CT molecular complexity index is 78.6. The molecule has 0 rings (SSSR count). The lowest BCUT2D eigenvalue weighted by Gasteiger charge is -2.06. The van der Waals surface area contributed by atoms with E-state index >= 15 is 0 Å². The van der Waals surface area contributed by atoms with E-state index in [1.165, 1.54) is 0 Å². The number of nitrogens with zero attached hydrogens (tertiary/aromatic N) is 1. The summed E-state index contributed by atoms with van der Waals surface area (Å²) in [6, 6.07) is 0. The number of rotatable bonds is 2. The summed E-state index contributed by atoms with van der Waals surface area (Å²) < 4.78 is 0. The first-order chi connectivity index (χ1) is 3.68. The van der Waals surface area contributed by atoms with Gasteiger partial charge < -0.3 is 5.21 Å². The fourth-order valence-corrected chi connectivity index (χ4v) is 0.277. The van der Waals surface area contributed by atoms with Crippen LogP contribution in [0.3, 0.4) is 0 Å². The summed E-state index contributed by atoms with van der Waals surface area (Å²) in [6.07, 6.45) is 1.55. The van der Waals surface area contributed by atoms with Gasteiger partial charge in [-0.25, -0.2) is 0 Å². The maximum Gasteiger partial charge on any atom is 0.0466 e. The van der Waals surface area contributed by atoms with Crippen LogP contribution in [0.5, 0.6) is 0 Å². The fourth-order valence-electron chi connectivity index (χ4n) is 0.277. The van der Waals surface area contributed by atoms with Gasteiger partial charge in [0.25, 0.3) is 0 Å². The van der Waals surface area contributed by atoms with Crippen LogP contribution in [0, 0.1) is 11.8 Å². The molecule has 0 fully saturated rings. The van der Waals surface area contributed by atoms with Crippen molar-refractivity contribution in [3.8, 4) is 0 Å². The van der Waals surface area contributed by atoms with Crippen molar-refractivity contribution in [2.75, 3.05) is 0 Å². The molecule has 0 bridgehead atoms. The maximum absolute atomic E-state index is 8.06. The molecule has 8 heavy (non-hydrogen) atoms. The van der Waals surface area contributed by atoms with E-state index in [0.29, 0.717) is 11.8 Å². The van der Waals surface area contributed by atoms with Gasteiger partial charge in [0, 0.05) is 6.21 Å². The molecule has 0 amide bonds. The Hall–Kier alpha value is -0.530. The van der Waals surface area contributed by atoms with Gasteiger partial charge in [0.15, 0.2) is 0 Å². The van der Waals surface area contributed by atoms with Crippen molar-refractivity contribution in [1.29, 1.82) is 0 Å². The largest absolute Gasteiger partial charge is 0.411 e. The third-order valence-corrected chi connectivity index (χ3v) is 1.35. The third kappa shape index (κ3) is 2.61. The molecule has 1 N–H and O–H groups in total. The molecular weight excluding hydrogens is 102 g/mol. The molecule has 0 aliphatic heterocycles. The molecule has 0 aliphatic rings. The minimum Gasteiger partial charge on any atom is -0.411 e. The van der Waals surface area contributed by atoms with Crippen LogP contribution < -0.4 is 0 Å². The van der Waals surface area contributed by atoms with Gasteiger partial charge in [-0.2, -0.15) is 0 Å². The normalized spacial score (nSPS) is 15.5. The highest BCUT2D eigenvalue weighted by atomic mass is 16.4. The molecule has 0 aliphatic carbocycles. The zero-order valence-corrected chi connectivity index (χ0v) is 5.63. The standard InChI is InChI=1S/C6H13NO/c1-5(2)6(3)4-7-8/h4-6,8H,1-3H3/b7-4+. The van der Waals surface area contributed by atoms with Crippen LogP contribution in [0.15, 0.2) is 5.16 Å². The van der Waals surface area contributed by atoms with Gasteiger partial charge in [-0.15, -0.1) is 5.16 Å². The van der Waals surface area contributed by atoms with Gasteiger partial charge in [-0.3, -0.25) is 0 Å². The summed E-state index contributed by atoms with van der Waals surface area (Å²) in [6.45, 7) is 6.20. The summed E-state index contributed by atoms with van der Waals surface area (Å²) in [5, 5.41) is 11.0. The van der Waals surface area contributed by atoms with Crippen molar-refractivity contribution in [1.82, 2.24) is 0 Å². The van der Waals surface area contributed by atoms with Crippen molar-refractivity contribution in [3.05, 3.63) is 0 Å². The maximum atomic E-state index is 8.06. The van der Waals surface area contributed by atoms with Crippen LogP contribution in [0.25, 0.3) is 0 Å². The zero-order chi connectivity index (χ0) is 6.57. The Labute approximate surface area is 50.2 Å². The van der Waals surface area contributed by atoms with Crippen LogP contribution in [-0.2, 0) is 0 Å². The van der Waals surface area contributed by atoms with Crippen molar-refractivity contribution in [2.45, 2.75) is 20.8 Å². The summed E-state index contributed by atoms with van der Waals surface area (Å²) >= 11 is 0. The number of hydrogen-bond donors (Lipinski definition) is 1. The van der Waals surface area contributed by atoms with Crippen LogP contribution in [0.1, 0.15) is 20.8 Å². The molecule has 1 atom stereocenters. The van der Waals surface area contributed by atoms with Crippen molar-refractivity contribution >= 4 is 6.21 Å². The van der Waals surface area contributed by atoms with E-state index in [2.05, 4.69) is 19.0 Å². The minimum atomic E-state index is 0.375. The Balaban J connectivity index is 3.47. The average molecular weight is 115 g/mol. The average Bonchev–Trinajstić information content (AvgIpc) is 1.67. The van der Waals surface area contributed by atoms with Crippen LogP contribution in [0.2, 0.25) is 0 Å². The SMILES string of the molecule is CC(C)C(C)/C=N/O. The quantitative estimate of drug-likeness (QED) is 0.332. The Kier molecular flexibility index (Phi) is 3.24. The molecule has 2 nitrogen and oxygen atoms in total. The number of hydrogen-bond acceptors (Lipinski definition) is 2. The highest BCUT2D eigenvalue weighted by Gasteiger charge is 2.01. The predicted molar refractivity (Wildman–Crippen MR) is 34.3 cm³/mol. The van der Waals surface area contributed by atoms with E-state index < -0.39 is 0 Å². The van der Waals surface area contributed by atoms with E-state index in [1.54, 1.807) is 6.21 Å². The molecule has 48 valence electrons. The molecule has 0 aromatic carbocycles. The molecule has 0 saturated heterocycles. The molecule has 0 radical (unpaired) electrons. The first-order valence-corrected chi connectivity index (χ1v) is 2.86. The molecular formula is C6H13NO. The number of oxime groups is 1. The lowest BCUT2D eigenvalue weighted by molar-refractivity contribution is 0.316. The lowest BCUT2D eigenvalue weighted by atomic mass is 10.0. The highest BCUT2D eigenvalue weighted by molar-refractivity contribution is 5.59. The first kappa shape index (κ1) is 7.47. The molecule has 0 aromatic heterocycles. The van der Waals surface area contributed by atoms with Gasteiger partial charge in [-0.05, 0) is 11.8 Å². The molecule has 0 spiro atoms. The van der Waals surface area contributed by atoms with Crippen molar-refractivity contribution in [2.24, 2.45) is 17.0 Å². The van der Waals surface area contributed by atoms with Gasteiger partial charge in [0.05, 0.1) is 0 Å². The van der Waals surface area contributed by atoms with E-state index in [9.17, 15) is 0 Å². The van der Waals surface area contributed by atoms with Gasteiger partial charge in [0.2, 0.25) is 0 Å². The Morgan fingerprint density at radius 3 is 2.00 bits per heavy atom. The first-order valence-electron chi connectivity index (χ1n) is 2.86. The Morgan fingerprint density at radius 1 is 1.38 bits per heavy atom. The summed E-state index contributed by atoms with van der Waals surface area (Å²) in [7, 11) is 0. The van der Waals surface area contributed by atoms with E-state index in [0.717, 1.165) is 0 Å². The summed E-state index contributed by atoms with van der Waals surface area (Å²) in [4.78, 5) is 0. The second kappa shape index (κ2) is 3.47. The van der Waals surface area contributed by atoms with Crippen molar-refractivity contribution in [3.63, 3.8) is 0 Å². The summed E-state index contributed by atoms with van der Waals surface area (Å²) in [5.41, 5.74) is 0. The molecule has 2 heteroatoms. The van der Waals surface area contributed by atoms with Crippen LogP contribution in [-0.4, -0.2) is 11.4 Å². The van der Waals surface area contributed by atoms with E-state index in [1.807, 2.05) is 6.92 Å².